The smallest absolute Gasteiger partial charge is 0.250 e. The van der Waals surface area contributed by atoms with Crippen LogP contribution in [0.3, 0.4) is 0 Å². The lowest BCUT2D eigenvalue weighted by atomic mass is 10.2. The van der Waals surface area contributed by atoms with E-state index in [1.807, 2.05) is 36.4 Å². The lowest BCUT2D eigenvalue weighted by Gasteiger charge is -2.02. The van der Waals surface area contributed by atoms with Crippen molar-refractivity contribution >= 4 is 34.8 Å². The quantitative estimate of drug-likeness (QED) is 0.439. The van der Waals surface area contributed by atoms with Gasteiger partial charge in [0.15, 0.2) is 0 Å². The number of hydrogen-bond donors (Lipinski definition) is 1. The van der Waals surface area contributed by atoms with Gasteiger partial charge in [0.05, 0.1) is 22.5 Å². The van der Waals surface area contributed by atoms with Gasteiger partial charge in [-0.3, -0.25) is 4.79 Å². The number of thioether (sulfide) groups is 1. The van der Waals surface area contributed by atoms with E-state index in [1.165, 1.54) is 30.1 Å². The Morgan fingerprint density at radius 1 is 1.12 bits per heavy atom. The van der Waals surface area contributed by atoms with E-state index in [-0.39, 0.29) is 17.5 Å². The Bertz CT molecular complexity index is 881. The Hall–Kier alpha value is -2.73. The Morgan fingerprint density at radius 3 is 2.75 bits per heavy atom. The molecule has 0 aliphatic rings. The Balaban J connectivity index is 1.52. The van der Waals surface area contributed by atoms with Crippen molar-refractivity contribution < 1.29 is 9.18 Å². The maximum absolute atomic E-state index is 12.8. The molecule has 120 valence electrons. The van der Waals surface area contributed by atoms with Gasteiger partial charge in [-0.05, 0) is 29.8 Å². The molecule has 0 aliphatic heterocycles. The van der Waals surface area contributed by atoms with Gasteiger partial charge in [0.1, 0.15) is 5.82 Å². The molecule has 0 saturated heterocycles. The normalized spacial score (nSPS) is 11.0. The number of carbonyl (C=O) groups is 1. The fourth-order valence-electron chi connectivity index (χ4n) is 2.03. The van der Waals surface area contributed by atoms with Crippen LogP contribution in [-0.4, -0.2) is 22.9 Å². The zero-order valence-electron chi connectivity index (χ0n) is 12.6. The average molecular weight is 339 g/mol. The van der Waals surface area contributed by atoms with Crippen molar-refractivity contribution in [2.45, 2.75) is 5.03 Å². The number of nitrogens with zero attached hydrogens (tertiary/aromatic N) is 2. The third kappa shape index (κ3) is 4.39. The number of hydrogen-bond acceptors (Lipinski definition) is 4. The first kappa shape index (κ1) is 16.1. The predicted octanol–water partition coefficient (Wildman–Crippen LogP) is 3.62. The van der Waals surface area contributed by atoms with Gasteiger partial charge in [0.2, 0.25) is 5.91 Å². The minimum Gasteiger partial charge on any atom is -0.272 e. The van der Waals surface area contributed by atoms with Crippen molar-refractivity contribution in [2.24, 2.45) is 5.10 Å². The van der Waals surface area contributed by atoms with E-state index in [1.54, 1.807) is 12.1 Å². The van der Waals surface area contributed by atoms with E-state index < -0.39 is 0 Å². The van der Waals surface area contributed by atoms with Crippen molar-refractivity contribution in [3.05, 3.63) is 72.0 Å². The zero-order chi connectivity index (χ0) is 16.8. The number of pyridine rings is 1. The van der Waals surface area contributed by atoms with E-state index in [0.29, 0.717) is 5.56 Å². The molecule has 1 aromatic heterocycles. The minimum atomic E-state index is -0.310. The molecular formula is C18H14FN3OS. The molecule has 1 heterocycles. The lowest BCUT2D eigenvalue weighted by Crippen LogP contribution is -2.19. The average Bonchev–Trinajstić information content (AvgIpc) is 2.61. The highest BCUT2D eigenvalue weighted by Crippen LogP contribution is 2.19. The SMILES string of the molecule is O=C(CSc1ccc2ccccc2n1)N/N=C\c1ccc(F)cc1. The molecule has 6 heteroatoms. The Labute approximate surface area is 142 Å². The molecule has 0 saturated carbocycles. The van der Waals surface area contributed by atoms with Crippen LogP contribution in [0.5, 0.6) is 0 Å². The molecular weight excluding hydrogens is 325 g/mol. The molecule has 0 radical (unpaired) electrons. The van der Waals surface area contributed by atoms with Gasteiger partial charge < -0.3 is 0 Å². The molecule has 0 unspecified atom stereocenters. The summed E-state index contributed by atoms with van der Waals surface area (Å²) in [6, 6.07) is 17.5. The van der Waals surface area contributed by atoms with Crippen LogP contribution in [0.1, 0.15) is 5.56 Å². The van der Waals surface area contributed by atoms with Gasteiger partial charge in [-0.2, -0.15) is 5.10 Å². The second-order valence-electron chi connectivity index (χ2n) is 4.98. The number of halogens is 1. The first-order valence-electron chi connectivity index (χ1n) is 7.27. The first-order valence-corrected chi connectivity index (χ1v) is 8.25. The first-order chi connectivity index (χ1) is 11.7. The molecule has 4 nitrogen and oxygen atoms in total. The molecule has 3 rings (SSSR count). The van der Waals surface area contributed by atoms with Crippen LogP contribution >= 0.6 is 11.8 Å². The monoisotopic (exact) mass is 339 g/mol. The van der Waals surface area contributed by atoms with Crippen LogP contribution in [-0.2, 0) is 4.79 Å². The fourth-order valence-corrected chi connectivity index (χ4v) is 2.70. The highest BCUT2D eigenvalue weighted by atomic mass is 32.2. The molecule has 3 aromatic rings. The summed E-state index contributed by atoms with van der Waals surface area (Å²) < 4.78 is 12.8. The van der Waals surface area contributed by atoms with Crippen LogP contribution in [0.2, 0.25) is 0 Å². The van der Waals surface area contributed by atoms with Gasteiger partial charge in [0, 0.05) is 5.39 Å². The molecule has 0 fully saturated rings. The maximum atomic E-state index is 12.8. The minimum absolute atomic E-state index is 0.214. The number of nitrogens with one attached hydrogen (secondary N) is 1. The standard InChI is InChI=1S/C18H14FN3OS/c19-15-8-5-13(6-9-15)11-20-22-17(23)12-24-18-10-7-14-3-1-2-4-16(14)21-18/h1-11H,12H2,(H,22,23)/b20-11-. The zero-order valence-corrected chi connectivity index (χ0v) is 13.5. The summed E-state index contributed by atoms with van der Waals surface area (Å²) in [4.78, 5) is 16.3. The summed E-state index contributed by atoms with van der Waals surface area (Å²) in [5.41, 5.74) is 4.05. The molecule has 0 bridgehead atoms. The van der Waals surface area contributed by atoms with E-state index >= 15 is 0 Å². The molecule has 0 atom stereocenters. The molecule has 0 spiro atoms. The predicted molar refractivity (Wildman–Crippen MR) is 94.6 cm³/mol. The summed E-state index contributed by atoms with van der Waals surface area (Å²) in [5, 5.41) is 5.70. The van der Waals surface area contributed by atoms with Crippen LogP contribution in [0, 0.1) is 5.82 Å². The van der Waals surface area contributed by atoms with Crippen molar-refractivity contribution in [1.29, 1.82) is 0 Å². The highest BCUT2D eigenvalue weighted by molar-refractivity contribution is 7.99. The molecule has 1 amide bonds. The highest BCUT2D eigenvalue weighted by Gasteiger charge is 2.03. The number of hydrazone groups is 1. The summed E-state index contributed by atoms with van der Waals surface area (Å²) in [6.45, 7) is 0. The summed E-state index contributed by atoms with van der Waals surface area (Å²) in [6.07, 6.45) is 1.47. The van der Waals surface area contributed by atoms with Gasteiger partial charge in [-0.1, -0.05) is 48.2 Å². The molecule has 2 aromatic carbocycles. The number of benzene rings is 2. The van der Waals surface area contributed by atoms with Crippen molar-refractivity contribution in [3.8, 4) is 0 Å². The van der Waals surface area contributed by atoms with Gasteiger partial charge in [-0.25, -0.2) is 14.8 Å². The second kappa shape index (κ2) is 7.70. The number of rotatable bonds is 5. The van der Waals surface area contributed by atoms with E-state index in [9.17, 15) is 9.18 Å². The van der Waals surface area contributed by atoms with Gasteiger partial charge >= 0.3 is 0 Å². The molecule has 1 N–H and O–H groups in total. The van der Waals surface area contributed by atoms with Gasteiger partial charge in [-0.15, -0.1) is 0 Å². The number of amides is 1. The van der Waals surface area contributed by atoms with Crippen LogP contribution in [0.4, 0.5) is 4.39 Å². The van der Waals surface area contributed by atoms with Gasteiger partial charge in [0.25, 0.3) is 0 Å². The third-order valence-corrected chi connectivity index (χ3v) is 4.13. The summed E-state index contributed by atoms with van der Waals surface area (Å²) in [7, 11) is 0. The largest absolute Gasteiger partial charge is 0.272 e. The van der Waals surface area contributed by atoms with E-state index in [0.717, 1.165) is 15.9 Å². The van der Waals surface area contributed by atoms with E-state index in [2.05, 4.69) is 15.5 Å². The summed E-state index contributed by atoms with van der Waals surface area (Å²) >= 11 is 1.34. The lowest BCUT2D eigenvalue weighted by molar-refractivity contribution is -0.118. The summed E-state index contributed by atoms with van der Waals surface area (Å²) in [5.74, 6) is -0.324. The van der Waals surface area contributed by atoms with E-state index in [4.69, 9.17) is 0 Å². The number of aromatic nitrogens is 1. The number of carbonyl (C=O) groups excluding carboxylic acids is 1. The van der Waals surface area contributed by atoms with Crippen molar-refractivity contribution in [2.75, 3.05) is 5.75 Å². The molecule has 24 heavy (non-hydrogen) atoms. The maximum Gasteiger partial charge on any atom is 0.250 e. The second-order valence-corrected chi connectivity index (χ2v) is 5.97. The van der Waals surface area contributed by atoms with Crippen LogP contribution in [0.25, 0.3) is 10.9 Å². The van der Waals surface area contributed by atoms with Crippen LogP contribution in [0.15, 0.2) is 70.8 Å². The fraction of sp³-hybridized carbons (Fsp3) is 0.0556. The Kier molecular flexibility index (Phi) is 5.18. The van der Waals surface area contributed by atoms with Crippen molar-refractivity contribution in [3.63, 3.8) is 0 Å². The topological polar surface area (TPSA) is 54.4 Å². The van der Waals surface area contributed by atoms with Crippen LogP contribution < -0.4 is 5.43 Å². The van der Waals surface area contributed by atoms with Crippen molar-refractivity contribution in [1.82, 2.24) is 10.4 Å². The Morgan fingerprint density at radius 2 is 1.92 bits per heavy atom. The number of para-hydroxylation sites is 1. The molecule has 0 aliphatic carbocycles. The number of fused-ring (bicyclic) bond motifs is 1. The third-order valence-electron chi connectivity index (χ3n) is 3.20.